The van der Waals surface area contributed by atoms with Crippen LogP contribution in [0.15, 0.2) is 74.1 Å². The van der Waals surface area contributed by atoms with Gasteiger partial charge in [-0.25, -0.2) is 14.6 Å². The Labute approximate surface area is 214 Å². The van der Waals surface area contributed by atoms with Crippen molar-refractivity contribution in [1.82, 2.24) is 4.57 Å². The molecule has 1 aliphatic heterocycles. The van der Waals surface area contributed by atoms with Crippen molar-refractivity contribution in [2.45, 2.75) is 32.9 Å². The third-order valence-electron chi connectivity index (χ3n) is 5.38. The van der Waals surface area contributed by atoms with E-state index in [1.54, 1.807) is 51.1 Å². The second kappa shape index (κ2) is 10.1. The number of rotatable bonds is 5. The number of hydrogen-bond donors (Lipinski definition) is 0. The third kappa shape index (κ3) is 5.06. The highest BCUT2D eigenvalue weighted by molar-refractivity contribution is 9.10. The number of carbonyl (C=O) groups is 2. The smallest absolute Gasteiger partial charge is 0.338 e. The van der Waals surface area contributed by atoms with E-state index in [-0.39, 0.29) is 17.2 Å². The molecule has 9 heteroatoms. The van der Waals surface area contributed by atoms with Gasteiger partial charge < -0.3 is 9.47 Å². The molecule has 7 nitrogen and oxygen atoms in total. The van der Waals surface area contributed by atoms with Gasteiger partial charge in [0.05, 0.1) is 40.6 Å². The summed E-state index contributed by atoms with van der Waals surface area (Å²) in [4.78, 5) is 43.8. The quantitative estimate of drug-likeness (QED) is 0.448. The minimum Gasteiger partial charge on any atom is -0.465 e. The fraction of sp³-hybridized carbons (Fsp3) is 0.231. The highest BCUT2D eigenvalue weighted by Gasteiger charge is 2.33. The monoisotopic (exact) mass is 554 g/mol. The summed E-state index contributed by atoms with van der Waals surface area (Å²) in [5.41, 5.74) is 2.37. The zero-order valence-corrected chi connectivity index (χ0v) is 22.0. The lowest BCUT2D eigenvalue weighted by Crippen LogP contribution is -2.40. The van der Waals surface area contributed by atoms with Gasteiger partial charge in [0.25, 0.3) is 5.56 Å². The van der Waals surface area contributed by atoms with E-state index in [2.05, 4.69) is 20.9 Å². The molecule has 0 bridgehead atoms. The zero-order valence-electron chi connectivity index (χ0n) is 19.6. The fourth-order valence-electron chi connectivity index (χ4n) is 3.84. The van der Waals surface area contributed by atoms with E-state index in [0.717, 1.165) is 10.0 Å². The summed E-state index contributed by atoms with van der Waals surface area (Å²) in [5.74, 6) is -1.01. The van der Waals surface area contributed by atoms with Gasteiger partial charge in [0.15, 0.2) is 4.80 Å². The van der Waals surface area contributed by atoms with E-state index >= 15 is 0 Å². The molecule has 0 fully saturated rings. The number of halogens is 1. The number of nitrogens with zero attached hydrogens (tertiary/aromatic N) is 2. The highest BCUT2D eigenvalue weighted by atomic mass is 79.9. The number of aromatic nitrogens is 1. The molecule has 4 rings (SSSR count). The van der Waals surface area contributed by atoms with Gasteiger partial charge >= 0.3 is 11.9 Å². The Morgan fingerprint density at radius 1 is 1.14 bits per heavy atom. The Balaban J connectivity index is 1.92. The summed E-state index contributed by atoms with van der Waals surface area (Å²) >= 11 is 4.71. The van der Waals surface area contributed by atoms with Crippen LogP contribution < -0.4 is 14.9 Å². The Bertz CT molecular complexity index is 1520. The second-order valence-electron chi connectivity index (χ2n) is 8.20. The standard InChI is InChI=1S/C26H23BrN2O5S/c1-14(2)34-25(32)21-15(3)28-26-29(22(21)17-8-10-18(11-9-17)24(31)33-4)23(30)20(35-26)13-16-6-5-7-19(27)12-16/h5-14,22H,1-4H3. The van der Waals surface area contributed by atoms with Gasteiger partial charge in [0.1, 0.15) is 0 Å². The minimum atomic E-state index is -0.756. The average molecular weight is 555 g/mol. The molecule has 2 aromatic carbocycles. The summed E-state index contributed by atoms with van der Waals surface area (Å²) < 4.78 is 13.2. The second-order valence-corrected chi connectivity index (χ2v) is 10.1. The first-order valence-electron chi connectivity index (χ1n) is 10.9. The van der Waals surface area contributed by atoms with Crippen LogP contribution in [0.5, 0.6) is 0 Å². The van der Waals surface area contributed by atoms with Gasteiger partial charge in [-0.1, -0.05) is 51.5 Å². The SMILES string of the molecule is COC(=O)c1ccc(C2C(C(=O)OC(C)C)=C(C)N=c3sc(=Cc4cccc(Br)c4)c(=O)n32)cc1. The summed E-state index contributed by atoms with van der Waals surface area (Å²) in [6.45, 7) is 5.26. The highest BCUT2D eigenvalue weighted by Crippen LogP contribution is 2.31. The minimum absolute atomic E-state index is 0.266. The maximum atomic E-state index is 13.6. The molecule has 1 atom stereocenters. The molecular formula is C26H23BrN2O5S. The summed E-state index contributed by atoms with van der Waals surface area (Å²) in [6.07, 6.45) is 1.46. The number of benzene rings is 2. The molecule has 1 aromatic heterocycles. The lowest BCUT2D eigenvalue weighted by atomic mass is 9.95. The van der Waals surface area contributed by atoms with Crippen molar-refractivity contribution in [2.24, 2.45) is 4.99 Å². The zero-order chi connectivity index (χ0) is 25.3. The van der Waals surface area contributed by atoms with E-state index < -0.39 is 18.0 Å². The molecule has 1 unspecified atom stereocenters. The number of methoxy groups -OCH3 is 1. The third-order valence-corrected chi connectivity index (χ3v) is 6.85. The van der Waals surface area contributed by atoms with Gasteiger partial charge in [-0.05, 0) is 62.2 Å². The molecule has 0 N–H and O–H groups in total. The maximum absolute atomic E-state index is 13.6. The number of carbonyl (C=O) groups excluding carboxylic acids is 2. The summed E-state index contributed by atoms with van der Waals surface area (Å²) in [5, 5.41) is 0. The molecular weight excluding hydrogens is 532 g/mol. The van der Waals surface area contributed by atoms with Gasteiger partial charge in [-0.15, -0.1) is 0 Å². The van der Waals surface area contributed by atoms with Crippen molar-refractivity contribution in [1.29, 1.82) is 0 Å². The summed E-state index contributed by atoms with van der Waals surface area (Å²) in [6, 6.07) is 13.5. The Morgan fingerprint density at radius 3 is 2.49 bits per heavy atom. The van der Waals surface area contributed by atoms with Crippen LogP contribution in [-0.2, 0) is 14.3 Å². The first-order valence-corrected chi connectivity index (χ1v) is 12.5. The first-order chi connectivity index (χ1) is 16.7. The van der Waals surface area contributed by atoms with Crippen molar-refractivity contribution in [3.05, 3.63) is 101 Å². The number of allylic oxidation sites excluding steroid dienone is 1. The van der Waals surface area contributed by atoms with E-state index in [1.807, 2.05) is 24.3 Å². The van der Waals surface area contributed by atoms with Gasteiger partial charge in [0.2, 0.25) is 0 Å². The van der Waals surface area contributed by atoms with E-state index in [9.17, 15) is 14.4 Å². The normalized spacial score (nSPS) is 15.6. The number of ether oxygens (including phenoxy) is 2. The molecule has 0 amide bonds. The number of esters is 2. The van der Waals surface area contributed by atoms with Crippen molar-refractivity contribution in [3.63, 3.8) is 0 Å². The molecule has 0 saturated heterocycles. The lowest BCUT2D eigenvalue weighted by molar-refractivity contribution is -0.143. The molecule has 35 heavy (non-hydrogen) atoms. The number of fused-ring (bicyclic) bond motifs is 1. The first kappa shape index (κ1) is 24.8. The number of hydrogen-bond acceptors (Lipinski definition) is 7. The van der Waals surface area contributed by atoms with Gasteiger partial charge in [-0.2, -0.15) is 0 Å². The van der Waals surface area contributed by atoms with Crippen LogP contribution in [0, 0.1) is 0 Å². The van der Waals surface area contributed by atoms with Gasteiger partial charge in [-0.3, -0.25) is 9.36 Å². The van der Waals surface area contributed by atoms with Crippen LogP contribution in [-0.4, -0.2) is 29.7 Å². The molecule has 0 spiro atoms. The topological polar surface area (TPSA) is 87.0 Å². The predicted molar refractivity (Wildman–Crippen MR) is 137 cm³/mol. The van der Waals surface area contributed by atoms with E-state index in [0.29, 0.717) is 26.2 Å². The van der Waals surface area contributed by atoms with Crippen LogP contribution in [0.2, 0.25) is 0 Å². The lowest BCUT2D eigenvalue weighted by Gasteiger charge is -2.25. The predicted octanol–water partition coefficient (Wildman–Crippen LogP) is 3.74. The number of thiazole rings is 1. The largest absolute Gasteiger partial charge is 0.465 e. The van der Waals surface area contributed by atoms with Crippen LogP contribution in [0.3, 0.4) is 0 Å². The van der Waals surface area contributed by atoms with Crippen molar-refractivity contribution in [3.8, 4) is 0 Å². The Kier molecular flexibility index (Phi) is 7.18. The molecule has 3 aromatic rings. The fourth-order valence-corrected chi connectivity index (χ4v) is 5.31. The van der Waals surface area contributed by atoms with Crippen molar-refractivity contribution >= 4 is 45.3 Å². The van der Waals surface area contributed by atoms with E-state index in [4.69, 9.17) is 9.47 Å². The average Bonchev–Trinajstić information content (AvgIpc) is 3.11. The molecule has 0 radical (unpaired) electrons. The molecule has 1 aliphatic rings. The van der Waals surface area contributed by atoms with Crippen molar-refractivity contribution in [2.75, 3.05) is 7.11 Å². The van der Waals surface area contributed by atoms with Crippen LogP contribution in [0.25, 0.3) is 6.08 Å². The Morgan fingerprint density at radius 2 is 1.86 bits per heavy atom. The van der Waals surface area contributed by atoms with Crippen molar-refractivity contribution < 1.29 is 19.1 Å². The molecule has 2 heterocycles. The van der Waals surface area contributed by atoms with Crippen LogP contribution in [0.4, 0.5) is 0 Å². The van der Waals surface area contributed by atoms with Crippen LogP contribution in [0.1, 0.15) is 48.3 Å². The maximum Gasteiger partial charge on any atom is 0.338 e. The van der Waals surface area contributed by atoms with Gasteiger partial charge in [0, 0.05) is 4.47 Å². The summed E-state index contributed by atoms with van der Waals surface area (Å²) in [7, 11) is 1.31. The Hall–Kier alpha value is -3.30. The molecule has 180 valence electrons. The molecule has 0 saturated carbocycles. The van der Waals surface area contributed by atoms with E-state index in [1.165, 1.54) is 23.0 Å². The molecule has 0 aliphatic carbocycles. The van der Waals surface area contributed by atoms with Crippen LogP contribution >= 0.6 is 27.3 Å².